The Morgan fingerprint density at radius 3 is 2.88 bits per heavy atom. The van der Waals surface area contributed by atoms with Gasteiger partial charge in [-0.25, -0.2) is 9.48 Å². The maximum absolute atomic E-state index is 12.4. The van der Waals surface area contributed by atoms with Crippen molar-refractivity contribution in [3.63, 3.8) is 0 Å². The summed E-state index contributed by atoms with van der Waals surface area (Å²) in [5.41, 5.74) is 1.16. The second-order valence-electron chi connectivity index (χ2n) is 5.53. The van der Waals surface area contributed by atoms with Gasteiger partial charge in [0.05, 0.1) is 13.7 Å². The predicted octanol–water partition coefficient (Wildman–Crippen LogP) is 1.18. The van der Waals surface area contributed by atoms with Gasteiger partial charge in [-0.15, -0.1) is 0 Å². The molecule has 1 unspecified atom stereocenters. The van der Waals surface area contributed by atoms with Crippen molar-refractivity contribution in [3.05, 3.63) is 47.7 Å². The number of benzene rings is 1. The van der Waals surface area contributed by atoms with E-state index in [2.05, 4.69) is 10.4 Å². The number of aryl methyl sites for hydroxylation is 1. The van der Waals surface area contributed by atoms with Gasteiger partial charge >= 0.3 is 5.97 Å². The summed E-state index contributed by atoms with van der Waals surface area (Å²) in [6.07, 6.45) is 1.21. The number of carbonyl (C=O) groups is 2. The van der Waals surface area contributed by atoms with Gasteiger partial charge in [-0.05, 0) is 5.56 Å². The first-order valence-electron chi connectivity index (χ1n) is 7.80. The molecule has 1 aromatic carbocycles. The van der Waals surface area contributed by atoms with Crippen LogP contribution in [0.1, 0.15) is 22.5 Å². The number of hydrogen-bond donors (Lipinski definition) is 1. The van der Waals surface area contributed by atoms with E-state index in [1.165, 1.54) is 7.11 Å². The van der Waals surface area contributed by atoms with Gasteiger partial charge in [0.1, 0.15) is 6.04 Å². The highest BCUT2D eigenvalue weighted by atomic mass is 16.5. The van der Waals surface area contributed by atoms with E-state index in [0.29, 0.717) is 25.5 Å². The molecule has 1 aliphatic heterocycles. The van der Waals surface area contributed by atoms with Crippen LogP contribution < -0.4 is 10.1 Å². The molecule has 0 spiro atoms. The van der Waals surface area contributed by atoms with Crippen molar-refractivity contribution < 1.29 is 19.1 Å². The Hall–Kier alpha value is -2.83. The van der Waals surface area contributed by atoms with E-state index < -0.39 is 17.9 Å². The van der Waals surface area contributed by atoms with Gasteiger partial charge in [-0.3, -0.25) is 4.79 Å². The molecule has 0 fully saturated rings. The molecule has 0 saturated heterocycles. The highest BCUT2D eigenvalue weighted by molar-refractivity contribution is 5.95. The number of esters is 1. The lowest BCUT2D eigenvalue weighted by Gasteiger charge is -2.16. The predicted molar refractivity (Wildman–Crippen MR) is 85.8 cm³/mol. The Morgan fingerprint density at radius 2 is 2.17 bits per heavy atom. The third-order valence-corrected chi connectivity index (χ3v) is 3.81. The highest BCUT2D eigenvalue weighted by Gasteiger charge is 2.25. The molecule has 7 nitrogen and oxygen atoms in total. The van der Waals surface area contributed by atoms with Crippen LogP contribution in [0, 0.1) is 0 Å². The third kappa shape index (κ3) is 3.56. The molecule has 0 radical (unpaired) electrons. The third-order valence-electron chi connectivity index (χ3n) is 3.81. The molecule has 2 heterocycles. The van der Waals surface area contributed by atoms with Gasteiger partial charge in [-0.1, -0.05) is 30.3 Å². The Kier molecular flexibility index (Phi) is 4.79. The van der Waals surface area contributed by atoms with Crippen molar-refractivity contribution in [1.82, 2.24) is 15.1 Å². The molecule has 1 atom stereocenters. The molecule has 1 N–H and O–H groups in total. The summed E-state index contributed by atoms with van der Waals surface area (Å²) in [6, 6.07) is 10.3. The quantitative estimate of drug-likeness (QED) is 0.833. The maximum Gasteiger partial charge on any atom is 0.328 e. The Balaban J connectivity index is 1.73. The fourth-order valence-corrected chi connectivity index (χ4v) is 2.60. The maximum atomic E-state index is 12.4. The van der Waals surface area contributed by atoms with Crippen molar-refractivity contribution in [1.29, 1.82) is 0 Å². The van der Waals surface area contributed by atoms with E-state index in [0.717, 1.165) is 12.0 Å². The average Bonchev–Trinajstić information content (AvgIpc) is 3.05. The lowest BCUT2D eigenvalue weighted by atomic mass is 10.1. The lowest BCUT2D eigenvalue weighted by molar-refractivity contribution is -0.142. The zero-order valence-electron chi connectivity index (χ0n) is 13.4. The molecule has 1 amide bonds. The number of methoxy groups -OCH3 is 1. The topological polar surface area (TPSA) is 82.5 Å². The van der Waals surface area contributed by atoms with Crippen LogP contribution in [-0.2, 0) is 22.5 Å². The molecular weight excluding hydrogens is 310 g/mol. The number of aromatic nitrogens is 2. The number of hydrogen-bond acceptors (Lipinski definition) is 5. The van der Waals surface area contributed by atoms with Gasteiger partial charge in [-0.2, -0.15) is 5.10 Å². The molecule has 0 aliphatic carbocycles. The van der Waals surface area contributed by atoms with Crippen LogP contribution in [0.4, 0.5) is 0 Å². The zero-order valence-corrected chi connectivity index (χ0v) is 13.4. The van der Waals surface area contributed by atoms with E-state index >= 15 is 0 Å². The average molecular weight is 329 g/mol. The standard InChI is InChI=1S/C17H19N3O4/c1-23-17(22)14(10-12-6-3-2-4-7-12)18-16(21)13-11-15-20(19-13)8-5-9-24-15/h2-4,6-7,11,14H,5,8-10H2,1H3,(H,18,21). The van der Waals surface area contributed by atoms with Crippen molar-refractivity contribution in [2.45, 2.75) is 25.4 Å². The van der Waals surface area contributed by atoms with Crippen LogP contribution in [-0.4, -0.2) is 41.4 Å². The van der Waals surface area contributed by atoms with E-state index in [9.17, 15) is 9.59 Å². The van der Waals surface area contributed by atoms with Crippen molar-refractivity contribution in [2.75, 3.05) is 13.7 Å². The summed E-state index contributed by atoms with van der Waals surface area (Å²) in [5, 5.41) is 6.92. The Bertz CT molecular complexity index is 703. The first-order chi connectivity index (χ1) is 11.7. The smallest absolute Gasteiger partial charge is 0.328 e. The summed E-state index contributed by atoms with van der Waals surface area (Å²) in [5.74, 6) is -0.344. The minimum absolute atomic E-state index is 0.230. The highest BCUT2D eigenvalue weighted by Crippen LogP contribution is 2.18. The first-order valence-corrected chi connectivity index (χ1v) is 7.80. The number of ether oxygens (including phenoxy) is 2. The molecule has 2 aromatic rings. The Morgan fingerprint density at radius 1 is 1.38 bits per heavy atom. The van der Waals surface area contributed by atoms with Crippen molar-refractivity contribution in [2.24, 2.45) is 0 Å². The van der Waals surface area contributed by atoms with Crippen molar-refractivity contribution >= 4 is 11.9 Å². The van der Waals surface area contributed by atoms with Gasteiger partial charge in [0, 0.05) is 25.5 Å². The fraction of sp³-hybridized carbons (Fsp3) is 0.353. The molecule has 126 valence electrons. The van der Waals surface area contributed by atoms with E-state index in [1.807, 2.05) is 30.3 Å². The molecule has 7 heteroatoms. The molecule has 24 heavy (non-hydrogen) atoms. The van der Waals surface area contributed by atoms with Crippen LogP contribution in [0.25, 0.3) is 0 Å². The second kappa shape index (κ2) is 7.16. The van der Waals surface area contributed by atoms with E-state index in [-0.39, 0.29) is 5.69 Å². The van der Waals surface area contributed by atoms with Crippen molar-refractivity contribution in [3.8, 4) is 5.88 Å². The van der Waals surface area contributed by atoms with Gasteiger partial charge in [0.15, 0.2) is 5.69 Å². The van der Waals surface area contributed by atoms with Gasteiger partial charge < -0.3 is 14.8 Å². The summed E-state index contributed by atoms with van der Waals surface area (Å²) in [4.78, 5) is 24.4. The second-order valence-corrected chi connectivity index (χ2v) is 5.53. The lowest BCUT2D eigenvalue weighted by Crippen LogP contribution is -2.43. The molecule has 0 saturated carbocycles. The van der Waals surface area contributed by atoms with Gasteiger partial charge in [0.25, 0.3) is 5.91 Å². The fourth-order valence-electron chi connectivity index (χ4n) is 2.60. The summed E-state index contributed by atoms with van der Waals surface area (Å²) in [6.45, 7) is 1.33. The zero-order chi connectivity index (χ0) is 16.9. The normalized spacial score (nSPS) is 14.2. The largest absolute Gasteiger partial charge is 0.478 e. The molecule has 0 bridgehead atoms. The number of fused-ring (bicyclic) bond motifs is 1. The van der Waals surface area contributed by atoms with E-state index in [1.54, 1.807) is 10.7 Å². The minimum Gasteiger partial charge on any atom is -0.478 e. The molecular formula is C17H19N3O4. The van der Waals surface area contributed by atoms with E-state index in [4.69, 9.17) is 9.47 Å². The molecule has 1 aliphatic rings. The van der Waals surface area contributed by atoms with Crippen LogP contribution >= 0.6 is 0 Å². The van der Waals surface area contributed by atoms with Crippen LogP contribution in [0.3, 0.4) is 0 Å². The number of nitrogens with zero attached hydrogens (tertiary/aromatic N) is 2. The Labute approximate surface area is 139 Å². The number of amides is 1. The number of nitrogens with one attached hydrogen (secondary N) is 1. The molecule has 1 aromatic heterocycles. The number of rotatable bonds is 5. The van der Waals surface area contributed by atoms with Gasteiger partial charge in [0.2, 0.25) is 5.88 Å². The summed E-state index contributed by atoms with van der Waals surface area (Å²) in [7, 11) is 1.30. The van der Waals surface area contributed by atoms with Crippen LogP contribution in [0.5, 0.6) is 5.88 Å². The number of carbonyl (C=O) groups excluding carboxylic acids is 2. The van der Waals surface area contributed by atoms with Crippen LogP contribution in [0.15, 0.2) is 36.4 Å². The summed E-state index contributed by atoms with van der Waals surface area (Å²) < 4.78 is 11.9. The minimum atomic E-state index is -0.774. The van der Waals surface area contributed by atoms with Crippen LogP contribution in [0.2, 0.25) is 0 Å². The summed E-state index contributed by atoms with van der Waals surface area (Å²) >= 11 is 0. The SMILES string of the molecule is COC(=O)C(Cc1ccccc1)NC(=O)c1cc2n(n1)CCCO2. The monoisotopic (exact) mass is 329 g/mol. The molecule has 3 rings (SSSR count). The first kappa shape index (κ1) is 16.0.